The number of carbonyl (C=O) groups excluding carboxylic acids is 6. The van der Waals surface area contributed by atoms with Gasteiger partial charge in [-0.3, -0.25) is 48.8 Å². The first-order chi connectivity index (χ1) is 64.6. The average Bonchev–Trinajstić information content (AvgIpc) is 1.56. The van der Waals surface area contributed by atoms with Crippen molar-refractivity contribution in [2.45, 2.75) is 32.4 Å². The lowest BCUT2D eigenvalue weighted by molar-refractivity contribution is -0.137. The van der Waals surface area contributed by atoms with E-state index in [1.165, 1.54) is 98.6 Å². The molecule has 10 aromatic heterocycles. The Morgan fingerprint density at radius 3 is 1.10 bits per heavy atom. The summed E-state index contributed by atoms with van der Waals surface area (Å²) in [4.78, 5) is 92.6. The third-order valence-corrected chi connectivity index (χ3v) is 25.8. The molecular weight excluding hydrogens is 1860 g/mol. The van der Waals surface area contributed by atoms with E-state index in [0.29, 0.717) is 79.7 Å². The minimum absolute atomic E-state index is 0.0715. The van der Waals surface area contributed by atoms with Gasteiger partial charge < -0.3 is 37.0 Å². The standard InChI is InChI=1S/C20H21N3O2.C18H11ClF3NOS.C18H11ClN2OS.2C16H11FN2OS.C14H10N2OS2/c1-20(2,3)14-7-9-15(10-8-14)21-19(25)18-12-17(22-23-18)13-5-4-6-16(24)11-13;19-13-5-7-14(8-6-13)23-17(24)16-10-9-15(25-16)11-1-3-12(4-2-11)18(20,21)22;19-14-5-7-15(8-6-14)21-18(22)17-10-9-16(23-17)13-3-1-12(11-20)2-4-13;17-12-3-1-11(2-4-12)14-5-6-15(21-14)16(20)19-13-7-9-18-10-8-13;17-12-5-3-11(4-6-12)14-7-8-15(21-14)16(20)19-13-2-1-9-18-10-13;17-14(16-11-3-6-15-7-4-11)13-2-1-12(19-13)10-5-8-18-9-10/h4-12,24H,1-3H3,(H,21,25)(H,22,23);1-10H,(H,23,24);1-10H,(H,21,22);1-10H,(H,18,19,20);1-10H,(H,19,20);1-9H,(H,15,16,17). The predicted molar refractivity (Wildman–Crippen MR) is 530 cm³/mol. The number of carbonyl (C=O) groups is 6. The maximum atomic E-state index is 12.9. The zero-order chi connectivity index (χ0) is 94.7. The molecule has 0 unspecified atom stereocenters. The molecule has 0 spiro atoms. The molecule has 0 atom stereocenters. The summed E-state index contributed by atoms with van der Waals surface area (Å²) in [6.45, 7) is 6.44. The van der Waals surface area contributed by atoms with Gasteiger partial charge in [0.2, 0.25) is 0 Å². The number of nitriles is 1. The number of thiophene rings is 6. The second kappa shape index (κ2) is 46.2. The number of rotatable bonds is 18. The number of anilines is 6. The zero-order valence-electron chi connectivity index (χ0n) is 70.7. The van der Waals surface area contributed by atoms with E-state index in [9.17, 15) is 55.8 Å². The molecule has 670 valence electrons. The summed E-state index contributed by atoms with van der Waals surface area (Å²) in [5.74, 6) is -1.52. The molecule has 19 nitrogen and oxygen atoms in total. The molecule has 32 heteroatoms. The number of nitrogens with zero attached hydrogens (tertiary/aromatic N) is 5. The van der Waals surface area contributed by atoms with Crippen LogP contribution in [0, 0.1) is 23.0 Å². The van der Waals surface area contributed by atoms with Gasteiger partial charge in [-0.15, -0.1) is 56.7 Å². The minimum atomic E-state index is -4.36. The van der Waals surface area contributed by atoms with E-state index < -0.39 is 11.7 Å². The fourth-order valence-corrected chi connectivity index (χ4v) is 17.6. The number of pyridine rings is 3. The normalized spacial score (nSPS) is 10.7. The maximum Gasteiger partial charge on any atom is 0.416 e. The topological polar surface area (TPSA) is 286 Å². The molecule has 0 aliphatic rings. The van der Waals surface area contributed by atoms with Gasteiger partial charge in [-0.25, -0.2) is 8.78 Å². The fourth-order valence-electron chi connectivity index (χ4n) is 12.1. The molecular formula is C102H75Cl2F5N12O7S6. The highest BCUT2D eigenvalue weighted by atomic mass is 35.5. The Kier molecular flexibility index (Phi) is 33.3. The Bertz CT molecular complexity index is 6890. The number of aromatic amines is 1. The van der Waals surface area contributed by atoms with Crippen molar-refractivity contribution in [3.8, 4) is 75.3 Å². The van der Waals surface area contributed by atoms with Crippen LogP contribution in [0.5, 0.6) is 5.75 Å². The summed E-state index contributed by atoms with van der Waals surface area (Å²) in [5, 5.41) is 47.4. The van der Waals surface area contributed by atoms with E-state index in [4.69, 9.17) is 28.5 Å². The summed E-state index contributed by atoms with van der Waals surface area (Å²) in [7, 11) is 0. The molecule has 0 saturated heterocycles. The van der Waals surface area contributed by atoms with Gasteiger partial charge in [0.15, 0.2) is 0 Å². The lowest BCUT2D eigenvalue weighted by atomic mass is 9.87. The summed E-state index contributed by atoms with van der Waals surface area (Å²) in [6, 6.07) is 87.3. The Morgan fingerprint density at radius 2 is 0.739 bits per heavy atom. The number of aromatic nitrogens is 5. The van der Waals surface area contributed by atoms with Gasteiger partial charge in [0, 0.05) is 105 Å². The number of alkyl halides is 3. The van der Waals surface area contributed by atoms with Crippen LogP contribution in [0.3, 0.4) is 0 Å². The second-order valence-electron chi connectivity index (χ2n) is 29.6. The summed E-state index contributed by atoms with van der Waals surface area (Å²) >= 11 is 20.1. The fraction of sp³-hybridized carbons (Fsp3) is 0.0490. The van der Waals surface area contributed by atoms with Crippen molar-refractivity contribution >= 4 is 161 Å². The van der Waals surface area contributed by atoms with Crippen LogP contribution in [0.25, 0.3) is 63.5 Å². The zero-order valence-corrected chi connectivity index (χ0v) is 77.1. The molecule has 0 radical (unpaired) electrons. The number of phenols is 1. The predicted octanol–water partition coefficient (Wildman–Crippen LogP) is 28.4. The van der Waals surface area contributed by atoms with E-state index in [1.807, 2.05) is 78.2 Å². The number of hydrogen-bond acceptors (Lipinski definition) is 18. The van der Waals surface area contributed by atoms with Gasteiger partial charge in [0.25, 0.3) is 35.4 Å². The monoisotopic (exact) mass is 1940 g/mol. The molecule has 8 aromatic carbocycles. The van der Waals surface area contributed by atoms with Crippen LogP contribution >= 0.6 is 91.2 Å². The average molecular weight is 1940 g/mol. The highest BCUT2D eigenvalue weighted by Gasteiger charge is 2.30. The van der Waals surface area contributed by atoms with Crippen LogP contribution < -0.4 is 31.9 Å². The number of aromatic hydroxyl groups is 1. The van der Waals surface area contributed by atoms with Gasteiger partial charge in [0.1, 0.15) is 23.1 Å². The van der Waals surface area contributed by atoms with Crippen LogP contribution in [0.2, 0.25) is 10.0 Å². The van der Waals surface area contributed by atoms with E-state index in [1.54, 1.807) is 224 Å². The lowest BCUT2D eigenvalue weighted by Crippen LogP contribution is -2.14. The van der Waals surface area contributed by atoms with Crippen molar-refractivity contribution in [2.24, 2.45) is 0 Å². The molecule has 10 heterocycles. The number of nitrogens with one attached hydrogen (secondary N) is 7. The van der Waals surface area contributed by atoms with E-state index in [0.717, 1.165) is 75.7 Å². The van der Waals surface area contributed by atoms with Crippen LogP contribution in [0.1, 0.15) is 96.3 Å². The summed E-state index contributed by atoms with van der Waals surface area (Å²) in [6.07, 6.45) is 5.42. The molecule has 134 heavy (non-hydrogen) atoms. The van der Waals surface area contributed by atoms with Crippen molar-refractivity contribution in [1.82, 2.24) is 25.1 Å². The highest BCUT2D eigenvalue weighted by molar-refractivity contribution is 7.19. The Labute approximate surface area is 800 Å². The minimum Gasteiger partial charge on any atom is -0.508 e. The Morgan fingerprint density at radius 1 is 0.373 bits per heavy atom. The molecule has 0 bridgehead atoms. The van der Waals surface area contributed by atoms with E-state index >= 15 is 0 Å². The quantitative estimate of drug-likeness (QED) is 0.0372. The molecule has 0 aliphatic carbocycles. The summed E-state index contributed by atoms with van der Waals surface area (Å²) < 4.78 is 63.6. The van der Waals surface area contributed by atoms with Gasteiger partial charge in [-0.05, 0) is 275 Å². The summed E-state index contributed by atoms with van der Waals surface area (Å²) in [5.41, 5.74) is 11.6. The largest absolute Gasteiger partial charge is 0.508 e. The molecule has 0 saturated carbocycles. The molecule has 6 amide bonds. The first kappa shape index (κ1) is 96.5. The van der Waals surface area contributed by atoms with Crippen molar-refractivity contribution in [3.63, 3.8) is 0 Å². The van der Waals surface area contributed by atoms with Gasteiger partial charge in [-0.2, -0.15) is 34.9 Å². The van der Waals surface area contributed by atoms with Crippen molar-refractivity contribution in [3.05, 3.63) is 420 Å². The first-order valence-corrected chi connectivity index (χ1v) is 46.1. The molecule has 0 fully saturated rings. The van der Waals surface area contributed by atoms with Gasteiger partial charge >= 0.3 is 6.18 Å². The Hall–Kier alpha value is -15.0. The number of H-pyrrole nitrogens is 1. The highest BCUT2D eigenvalue weighted by Crippen LogP contribution is 2.38. The Balaban J connectivity index is 0.000000137. The number of amides is 6. The molecule has 8 N–H and O–H groups in total. The number of halogens is 7. The van der Waals surface area contributed by atoms with Crippen molar-refractivity contribution in [2.75, 3.05) is 31.9 Å². The molecule has 18 aromatic rings. The van der Waals surface area contributed by atoms with Gasteiger partial charge in [-0.1, -0.05) is 117 Å². The number of benzene rings is 8. The third kappa shape index (κ3) is 28.2. The van der Waals surface area contributed by atoms with E-state index in [2.05, 4.69) is 95.3 Å². The first-order valence-electron chi connectivity index (χ1n) is 40.3. The van der Waals surface area contributed by atoms with Crippen LogP contribution in [0.4, 0.5) is 56.1 Å². The van der Waals surface area contributed by atoms with Crippen molar-refractivity contribution < 1.29 is 55.8 Å². The molecule has 0 aliphatic heterocycles. The van der Waals surface area contributed by atoms with Crippen LogP contribution in [-0.2, 0) is 11.6 Å². The molecule has 18 rings (SSSR count). The second-order valence-corrected chi connectivity index (χ2v) is 36.7. The maximum absolute atomic E-state index is 12.9. The lowest BCUT2D eigenvalue weighted by Gasteiger charge is -2.19. The van der Waals surface area contributed by atoms with E-state index in [-0.39, 0.29) is 58.2 Å². The smallest absolute Gasteiger partial charge is 0.416 e. The van der Waals surface area contributed by atoms with Crippen LogP contribution in [-0.4, -0.2) is 65.7 Å². The number of hydrogen-bond donors (Lipinski definition) is 8. The van der Waals surface area contributed by atoms with Gasteiger partial charge in [0.05, 0.1) is 59.2 Å². The van der Waals surface area contributed by atoms with Crippen LogP contribution in [0.15, 0.2) is 351 Å². The van der Waals surface area contributed by atoms with Crippen molar-refractivity contribution in [1.29, 1.82) is 5.26 Å². The number of phenolic OH excluding ortho intramolecular Hbond substituents is 1. The third-order valence-electron chi connectivity index (χ3n) is 19.0. The SMILES string of the molecule is CC(C)(C)c1ccc(NC(=O)c2cc(-c3cccc(O)c3)n[nH]2)cc1.N#Cc1ccc(-c2ccc(C(=O)Nc3ccc(Cl)cc3)s2)cc1.O=C(Nc1ccc(Cl)cc1)c1ccc(-c2ccc(C(F)(F)F)cc2)s1.O=C(Nc1cccnc1)c1ccc(-c2ccc(F)cc2)s1.O=C(Nc1ccncc1)c1ccc(-c2ccc(F)cc2)s1.O=C(Nc1ccncc1)c1ccc(-c2ccsc2)s1.